The molecule has 6 nitrogen and oxygen atoms in total. The van der Waals surface area contributed by atoms with Gasteiger partial charge in [0.1, 0.15) is 11.3 Å². The van der Waals surface area contributed by atoms with Crippen LogP contribution in [0.25, 0.3) is 11.1 Å². The summed E-state index contributed by atoms with van der Waals surface area (Å²) < 4.78 is 37.2. The summed E-state index contributed by atoms with van der Waals surface area (Å²) in [5.74, 6) is 0.594. The molecule has 0 fully saturated rings. The van der Waals surface area contributed by atoms with Crippen molar-refractivity contribution < 1.29 is 17.6 Å². The van der Waals surface area contributed by atoms with E-state index in [4.69, 9.17) is 9.15 Å². The molecule has 0 saturated carbocycles. The van der Waals surface area contributed by atoms with Gasteiger partial charge >= 0.3 is 0 Å². The maximum atomic E-state index is 12.3. The Morgan fingerprint density at radius 3 is 2.62 bits per heavy atom. The van der Waals surface area contributed by atoms with Crippen molar-refractivity contribution in [1.29, 1.82) is 0 Å². The SMILES string of the molecule is COc1ccc(S(=O)(=O)Nc2ccc3ncoc3c2)cc1. The summed E-state index contributed by atoms with van der Waals surface area (Å²) in [5, 5.41) is 0. The zero-order valence-corrected chi connectivity index (χ0v) is 11.9. The number of oxazole rings is 1. The second-order valence-electron chi connectivity index (χ2n) is 4.32. The summed E-state index contributed by atoms with van der Waals surface area (Å²) in [6, 6.07) is 11.0. The molecular weight excluding hydrogens is 292 g/mol. The van der Waals surface area contributed by atoms with Crippen molar-refractivity contribution in [3.8, 4) is 5.75 Å². The molecular formula is C14H12N2O4S. The van der Waals surface area contributed by atoms with Crippen LogP contribution >= 0.6 is 0 Å². The van der Waals surface area contributed by atoms with Crippen LogP contribution in [0, 0.1) is 0 Å². The minimum Gasteiger partial charge on any atom is -0.497 e. The molecule has 0 aliphatic rings. The number of nitrogens with zero attached hydrogens (tertiary/aromatic N) is 1. The van der Waals surface area contributed by atoms with Crippen LogP contribution in [-0.2, 0) is 10.0 Å². The molecule has 1 heterocycles. The van der Waals surface area contributed by atoms with Gasteiger partial charge in [-0.2, -0.15) is 0 Å². The number of aromatic nitrogens is 1. The highest BCUT2D eigenvalue weighted by molar-refractivity contribution is 7.92. The van der Waals surface area contributed by atoms with Crippen LogP contribution in [0.2, 0.25) is 0 Å². The van der Waals surface area contributed by atoms with E-state index in [1.54, 1.807) is 30.3 Å². The van der Waals surface area contributed by atoms with Crippen LogP contribution in [0.5, 0.6) is 5.75 Å². The Bertz CT molecular complexity index is 869. The van der Waals surface area contributed by atoms with Gasteiger partial charge in [-0.05, 0) is 36.4 Å². The Balaban J connectivity index is 1.90. The van der Waals surface area contributed by atoms with Crippen molar-refractivity contribution in [2.75, 3.05) is 11.8 Å². The number of hydrogen-bond donors (Lipinski definition) is 1. The molecule has 0 aliphatic heterocycles. The monoisotopic (exact) mass is 304 g/mol. The lowest BCUT2D eigenvalue weighted by Crippen LogP contribution is -2.12. The molecule has 0 amide bonds. The maximum absolute atomic E-state index is 12.3. The fourth-order valence-corrected chi connectivity index (χ4v) is 2.94. The second-order valence-corrected chi connectivity index (χ2v) is 6.00. The molecule has 0 bridgehead atoms. The van der Waals surface area contributed by atoms with E-state index in [1.807, 2.05) is 0 Å². The highest BCUT2D eigenvalue weighted by Gasteiger charge is 2.14. The smallest absolute Gasteiger partial charge is 0.261 e. The van der Waals surface area contributed by atoms with E-state index in [-0.39, 0.29) is 4.90 Å². The number of anilines is 1. The quantitative estimate of drug-likeness (QED) is 0.801. The minimum absolute atomic E-state index is 0.154. The van der Waals surface area contributed by atoms with Gasteiger partial charge in [0.05, 0.1) is 17.7 Å². The Labute approximate surface area is 121 Å². The van der Waals surface area contributed by atoms with E-state index >= 15 is 0 Å². The Morgan fingerprint density at radius 1 is 1.14 bits per heavy atom. The van der Waals surface area contributed by atoms with Crippen LogP contribution < -0.4 is 9.46 Å². The standard InChI is InChI=1S/C14H12N2O4S/c1-19-11-3-5-12(6-4-11)21(17,18)16-10-2-7-13-14(8-10)20-9-15-13/h2-9,16H,1H3. The summed E-state index contributed by atoms with van der Waals surface area (Å²) in [7, 11) is -2.14. The van der Waals surface area contributed by atoms with Gasteiger partial charge in [-0.1, -0.05) is 0 Å². The van der Waals surface area contributed by atoms with Gasteiger partial charge in [-0.25, -0.2) is 13.4 Å². The predicted octanol–water partition coefficient (Wildman–Crippen LogP) is 2.64. The van der Waals surface area contributed by atoms with Crippen molar-refractivity contribution in [1.82, 2.24) is 4.98 Å². The topological polar surface area (TPSA) is 81.4 Å². The van der Waals surface area contributed by atoms with Crippen molar-refractivity contribution >= 4 is 26.8 Å². The third-order valence-electron chi connectivity index (χ3n) is 2.95. The first kappa shape index (κ1) is 13.4. The Kier molecular flexibility index (Phi) is 3.26. The molecule has 0 radical (unpaired) electrons. The van der Waals surface area contributed by atoms with Gasteiger partial charge in [-0.15, -0.1) is 0 Å². The molecule has 2 aromatic carbocycles. The summed E-state index contributed by atoms with van der Waals surface area (Å²) in [6.07, 6.45) is 1.31. The van der Waals surface area contributed by atoms with Gasteiger partial charge < -0.3 is 9.15 Å². The number of fused-ring (bicyclic) bond motifs is 1. The highest BCUT2D eigenvalue weighted by atomic mass is 32.2. The van der Waals surface area contributed by atoms with Crippen LogP contribution in [0.15, 0.2) is 58.2 Å². The van der Waals surface area contributed by atoms with Gasteiger partial charge in [0.2, 0.25) is 0 Å². The first-order chi connectivity index (χ1) is 10.1. The van der Waals surface area contributed by atoms with Crippen molar-refractivity contribution in [3.63, 3.8) is 0 Å². The van der Waals surface area contributed by atoms with Gasteiger partial charge in [0, 0.05) is 6.07 Å². The van der Waals surface area contributed by atoms with Crippen molar-refractivity contribution in [3.05, 3.63) is 48.9 Å². The number of benzene rings is 2. The highest BCUT2D eigenvalue weighted by Crippen LogP contribution is 2.22. The molecule has 3 aromatic rings. The molecule has 0 spiro atoms. The normalized spacial score (nSPS) is 11.5. The number of methoxy groups -OCH3 is 1. The fourth-order valence-electron chi connectivity index (χ4n) is 1.89. The third-order valence-corrected chi connectivity index (χ3v) is 4.35. The molecule has 0 saturated heterocycles. The summed E-state index contributed by atoms with van der Waals surface area (Å²) in [4.78, 5) is 4.13. The van der Waals surface area contributed by atoms with E-state index in [0.29, 0.717) is 22.5 Å². The number of nitrogens with one attached hydrogen (secondary N) is 1. The van der Waals surface area contributed by atoms with E-state index in [0.717, 1.165) is 0 Å². The Hall–Kier alpha value is -2.54. The largest absolute Gasteiger partial charge is 0.497 e. The van der Waals surface area contributed by atoms with Gasteiger partial charge in [-0.3, -0.25) is 4.72 Å². The second kappa shape index (κ2) is 5.10. The molecule has 108 valence electrons. The number of sulfonamides is 1. The lowest BCUT2D eigenvalue weighted by molar-refractivity contribution is 0.414. The minimum atomic E-state index is -3.66. The third kappa shape index (κ3) is 2.68. The van der Waals surface area contributed by atoms with Crippen LogP contribution in [-0.4, -0.2) is 20.5 Å². The van der Waals surface area contributed by atoms with E-state index in [1.165, 1.54) is 25.6 Å². The van der Waals surface area contributed by atoms with Gasteiger partial charge in [0.15, 0.2) is 12.0 Å². The number of rotatable bonds is 4. The average molecular weight is 304 g/mol. The first-order valence-corrected chi connectivity index (χ1v) is 7.57. The zero-order chi connectivity index (χ0) is 14.9. The van der Waals surface area contributed by atoms with E-state index < -0.39 is 10.0 Å². The van der Waals surface area contributed by atoms with Crippen molar-refractivity contribution in [2.45, 2.75) is 4.90 Å². The molecule has 3 rings (SSSR count). The lowest BCUT2D eigenvalue weighted by Gasteiger charge is -2.08. The number of hydrogen-bond acceptors (Lipinski definition) is 5. The average Bonchev–Trinajstić information content (AvgIpc) is 2.94. The summed E-state index contributed by atoms with van der Waals surface area (Å²) >= 11 is 0. The molecule has 0 unspecified atom stereocenters. The van der Waals surface area contributed by atoms with E-state index in [2.05, 4.69) is 9.71 Å². The number of ether oxygens (including phenoxy) is 1. The molecule has 0 atom stereocenters. The predicted molar refractivity (Wildman–Crippen MR) is 77.8 cm³/mol. The molecule has 1 aromatic heterocycles. The Morgan fingerprint density at radius 2 is 1.90 bits per heavy atom. The summed E-state index contributed by atoms with van der Waals surface area (Å²) in [5.41, 5.74) is 1.60. The first-order valence-electron chi connectivity index (χ1n) is 6.08. The fraction of sp³-hybridized carbons (Fsp3) is 0.0714. The van der Waals surface area contributed by atoms with E-state index in [9.17, 15) is 8.42 Å². The molecule has 21 heavy (non-hydrogen) atoms. The zero-order valence-electron chi connectivity index (χ0n) is 11.1. The molecule has 7 heteroatoms. The van der Waals surface area contributed by atoms with Crippen LogP contribution in [0.3, 0.4) is 0 Å². The molecule has 0 aliphatic carbocycles. The summed E-state index contributed by atoms with van der Waals surface area (Å²) in [6.45, 7) is 0. The van der Waals surface area contributed by atoms with Crippen LogP contribution in [0.1, 0.15) is 0 Å². The van der Waals surface area contributed by atoms with Gasteiger partial charge in [0.25, 0.3) is 10.0 Å². The molecule has 1 N–H and O–H groups in total. The maximum Gasteiger partial charge on any atom is 0.261 e. The van der Waals surface area contributed by atoms with Crippen LogP contribution in [0.4, 0.5) is 5.69 Å². The van der Waals surface area contributed by atoms with Crippen molar-refractivity contribution in [2.24, 2.45) is 0 Å². The lowest BCUT2D eigenvalue weighted by atomic mass is 10.3.